The van der Waals surface area contributed by atoms with Crippen molar-refractivity contribution in [1.82, 2.24) is 0 Å². The van der Waals surface area contributed by atoms with Gasteiger partial charge in [-0.05, 0) is 122 Å². The predicted molar refractivity (Wildman–Crippen MR) is 343 cm³/mol. The number of hydrogen-bond donors (Lipinski definition) is 0. The third-order valence-corrected chi connectivity index (χ3v) is 13.6. The molecule has 0 heterocycles. The number of carbonyl (C=O) groups excluding carboxylic acids is 3. The highest BCUT2D eigenvalue weighted by molar-refractivity contribution is 5.71. The topological polar surface area (TPSA) is 78.9 Å². The second kappa shape index (κ2) is 66.1. The maximum absolute atomic E-state index is 12.9. The van der Waals surface area contributed by atoms with E-state index in [1.807, 2.05) is 0 Å². The van der Waals surface area contributed by atoms with E-state index in [1.54, 1.807) is 0 Å². The summed E-state index contributed by atoms with van der Waals surface area (Å²) in [7, 11) is 0. The quantitative estimate of drug-likeness (QED) is 0.0261. The largest absolute Gasteiger partial charge is 0.462 e. The van der Waals surface area contributed by atoms with Crippen molar-refractivity contribution in [3.05, 3.63) is 134 Å². The molecule has 0 aliphatic carbocycles. The van der Waals surface area contributed by atoms with Crippen LogP contribution in [0.15, 0.2) is 134 Å². The molecule has 0 aliphatic heterocycles. The Kier molecular flexibility index (Phi) is 62.3. The van der Waals surface area contributed by atoms with Gasteiger partial charge in [0.1, 0.15) is 13.2 Å². The Bertz CT molecular complexity index is 1680. The average molecular weight is 1090 g/mol. The van der Waals surface area contributed by atoms with Gasteiger partial charge in [0.25, 0.3) is 0 Å². The summed E-state index contributed by atoms with van der Waals surface area (Å²) in [6.45, 7) is 6.48. The van der Waals surface area contributed by atoms with Crippen molar-refractivity contribution in [1.29, 1.82) is 0 Å². The lowest BCUT2D eigenvalue weighted by Crippen LogP contribution is -2.30. The second-order valence-corrected chi connectivity index (χ2v) is 21.3. The third kappa shape index (κ3) is 64.3. The molecule has 0 N–H and O–H groups in total. The van der Waals surface area contributed by atoms with Gasteiger partial charge in [0, 0.05) is 19.3 Å². The highest BCUT2D eigenvalue weighted by Gasteiger charge is 2.19. The van der Waals surface area contributed by atoms with Gasteiger partial charge in [0.15, 0.2) is 6.10 Å². The second-order valence-electron chi connectivity index (χ2n) is 21.3. The van der Waals surface area contributed by atoms with E-state index < -0.39 is 6.10 Å². The number of unbranched alkanes of at least 4 members (excludes halogenated alkanes) is 25. The van der Waals surface area contributed by atoms with Crippen LogP contribution in [0.5, 0.6) is 0 Å². The van der Waals surface area contributed by atoms with Gasteiger partial charge in [0.2, 0.25) is 0 Å². The molecule has 0 aromatic carbocycles. The number of hydrogen-bond acceptors (Lipinski definition) is 6. The van der Waals surface area contributed by atoms with Crippen molar-refractivity contribution in [2.75, 3.05) is 13.2 Å². The third-order valence-electron chi connectivity index (χ3n) is 13.6. The van der Waals surface area contributed by atoms with E-state index in [-0.39, 0.29) is 31.1 Å². The molecule has 0 amide bonds. The fourth-order valence-corrected chi connectivity index (χ4v) is 8.76. The van der Waals surface area contributed by atoms with Crippen LogP contribution >= 0.6 is 0 Å². The molecule has 6 heteroatoms. The SMILES string of the molecule is CC/C=C\C/C=C\C/C=C\C/C=C\C/C=C\C/C=C\C/C=C\C/C=C\CCCCCCC(=O)OCC(COC(=O)CCCCCCCCCCCCCCC)OC(=O)CCCCCCCC/C=C\C/C=C\C/C=C\CCCCC. The standard InChI is InChI=1S/C73H120O6/c1-4-7-10-13-16-19-22-25-27-29-31-32-33-34-35-36-37-38-39-40-42-43-45-48-51-54-57-60-63-66-72(75)78-69-70(68-77-71(74)65-62-59-56-53-50-47-24-21-18-15-12-9-6-3)79-73(76)67-64-61-58-55-52-49-46-44-41-30-28-26-23-20-17-14-11-8-5-2/h7,10,16-17,19-20,25-28,31-32,34-35,37-38,40-42,44-45,48,70H,4-6,8-9,11-15,18,21-24,29-30,33,36,39,43,46-47,49-69H2,1-3H3/b10-7-,19-16-,20-17-,27-25-,28-26-,32-31-,35-34-,38-37-,42-40-,44-41-,48-45-. The molecule has 0 fully saturated rings. The van der Waals surface area contributed by atoms with Gasteiger partial charge in [-0.2, -0.15) is 0 Å². The molecule has 1 atom stereocenters. The maximum Gasteiger partial charge on any atom is 0.306 e. The van der Waals surface area contributed by atoms with Gasteiger partial charge >= 0.3 is 17.9 Å². The Balaban J connectivity index is 4.41. The molecule has 0 saturated carbocycles. The molecule has 79 heavy (non-hydrogen) atoms. The predicted octanol–water partition coefficient (Wildman–Crippen LogP) is 22.5. The molecule has 0 bridgehead atoms. The zero-order valence-electron chi connectivity index (χ0n) is 51.3. The lowest BCUT2D eigenvalue weighted by atomic mass is 10.0. The summed E-state index contributed by atoms with van der Waals surface area (Å²) >= 11 is 0. The lowest BCUT2D eigenvalue weighted by molar-refractivity contribution is -0.167. The van der Waals surface area contributed by atoms with Gasteiger partial charge in [-0.1, -0.05) is 283 Å². The van der Waals surface area contributed by atoms with Gasteiger partial charge in [-0.25, -0.2) is 0 Å². The zero-order chi connectivity index (χ0) is 57.1. The minimum Gasteiger partial charge on any atom is -0.462 e. The van der Waals surface area contributed by atoms with Crippen LogP contribution in [0.25, 0.3) is 0 Å². The van der Waals surface area contributed by atoms with Crippen molar-refractivity contribution < 1.29 is 28.6 Å². The first-order valence-corrected chi connectivity index (χ1v) is 32.7. The van der Waals surface area contributed by atoms with E-state index in [4.69, 9.17) is 14.2 Å². The minimum atomic E-state index is -0.800. The van der Waals surface area contributed by atoms with Crippen LogP contribution in [0.3, 0.4) is 0 Å². The Morgan fingerprint density at radius 2 is 0.494 bits per heavy atom. The Morgan fingerprint density at radius 1 is 0.266 bits per heavy atom. The number of allylic oxidation sites excluding steroid dienone is 22. The molecule has 0 aromatic heterocycles. The number of ether oxygens (including phenoxy) is 3. The fraction of sp³-hybridized carbons (Fsp3) is 0.658. The molecular weight excluding hydrogens is 973 g/mol. The van der Waals surface area contributed by atoms with Crippen LogP contribution < -0.4 is 0 Å². The Morgan fingerprint density at radius 3 is 0.797 bits per heavy atom. The number of carbonyl (C=O) groups is 3. The van der Waals surface area contributed by atoms with Crippen molar-refractivity contribution in [2.45, 2.75) is 297 Å². The summed E-state index contributed by atoms with van der Waals surface area (Å²) in [6, 6.07) is 0. The van der Waals surface area contributed by atoms with Crippen molar-refractivity contribution >= 4 is 17.9 Å². The molecule has 0 rings (SSSR count). The first kappa shape index (κ1) is 74.5. The highest BCUT2D eigenvalue weighted by Crippen LogP contribution is 2.15. The van der Waals surface area contributed by atoms with Crippen LogP contribution in [0.1, 0.15) is 290 Å². The normalized spacial score (nSPS) is 13.0. The molecule has 0 aromatic rings. The van der Waals surface area contributed by atoms with E-state index in [2.05, 4.69) is 154 Å². The molecule has 0 radical (unpaired) electrons. The zero-order valence-corrected chi connectivity index (χ0v) is 51.3. The molecular formula is C73H120O6. The summed E-state index contributed by atoms with van der Waals surface area (Å²) in [5, 5.41) is 0. The van der Waals surface area contributed by atoms with E-state index >= 15 is 0 Å². The summed E-state index contributed by atoms with van der Waals surface area (Å²) < 4.78 is 16.9. The Labute approximate surface area is 487 Å². The summed E-state index contributed by atoms with van der Waals surface area (Å²) in [5.41, 5.74) is 0. The smallest absolute Gasteiger partial charge is 0.306 e. The average Bonchev–Trinajstić information content (AvgIpc) is 3.45. The molecule has 6 nitrogen and oxygen atoms in total. The van der Waals surface area contributed by atoms with Gasteiger partial charge in [-0.15, -0.1) is 0 Å². The lowest BCUT2D eigenvalue weighted by Gasteiger charge is -2.18. The van der Waals surface area contributed by atoms with E-state index in [1.165, 1.54) is 103 Å². The first-order chi connectivity index (χ1) is 39.0. The van der Waals surface area contributed by atoms with E-state index in [9.17, 15) is 14.4 Å². The number of esters is 3. The van der Waals surface area contributed by atoms with Crippen molar-refractivity contribution in [2.24, 2.45) is 0 Å². The Hall–Kier alpha value is -4.45. The van der Waals surface area contributed by atoms with Crippen LogP contribution in [0.2, 0.25) is 0 Å². The molecule has 1 unspecified atom stereocenters. The summed E-state index contributed by atoms with van der Waals surface area (Å²) in [6.07, 6.45) is 93.1. The number of rotatable bonds is 58. The van der Waals surface area contributed by atoms with Crippen molar-refractivity contribution in [3.8, 4) is 0 Å². The minimum absolute atomic E-state index is 0.0929. The van der Waals surface area contributed by atoms with Crippen LogP contribution in [-0.4, -0.2) is 37.2 Å². The summed E-state index contributed by atoms with van der Waals surface area (Å²) in [4.78, 5) is 38.3. The van der Waals surface area contributed by atoms with E-state index in [0.717, 1.165) is 148 Å². The maximum atomic E-state index is 12.9. The van der Waals surface area contributed by atoms with Crippen LogP contribution in [0.4, 0.5) is 0 Å². The van der Waals surface area contributed by atoms with Crippen molar-refractivity contribution in [3.63, 3.8) is 0 Å². The van der Waals surface area contributed by atoms with E-state index in [0.29, 0.717) is 19.3 Å². The van der Waals surface area contributed by atoms with Gasteiger partial charge < -0.3 is 14.2 Å². The molecule has 0 spiro atoms. The van der Waals surface area contributed by atoms with Crippen LogP contribution in [0, 0.1) is 0 Å². The molecule has 448 valence electrons. The van der Waals surface area contributed by atoms with Crippen LogP contribution in [-0.2, 0) is 28.6 Å². The molecule has 0 aliphatic rings. The summed E-state index contributed by atoms with van der Waals surface area (Å²) in [5.74, 6) is -0.928. The monoisotopic (exact) mass is 1090 g/mol. The van der Waals surface area contributed by atoms with Gasteiger partial charge in [0.05, 0.1) is 0 Å². The highest BCUT2D eigenvalue weighted by atomic mass is 16.6. The van der Waals surface area contributed by atoms with Gasteiger partial charge in [-0.3, -0.25) is 14.4 Å². The fourth-order valence-electron chi connectivity index (χ4n) is 8.76. The first-order valence-electron chi connectivity index (χ1n) is 32.7. The molecule has 0 saturated heterocycles.